The highest BCUT2D eigenvalue weighted by Crippen LogP contribution is 2.26. The van der Waals surface area contributed by atoms with Crippen LogP contribution in [-0.2, 0) is 27.8 Å². The summed E-state index contributed by atoms with van der Waals surface area (Å²) in [5.41, 5.74) is 2.91. The number of thiazole rings is 1. The minimum Gasteiger partial charge on any atom is -0.495 e. The lowest BCUT2D eigenvalue weighted by Crippen LogP contribution is -2.15. The molecule has 0 atom stereocenters. The molecule has 3 aromatic rings. The van der Waals surface area contributed by atoms with Crippen molar-refractivity contribution in [2.24, 2.45) is 5.14 Å². The van der Waals surface area contributed by atoms with Crippen LogP contribution in [-0.4, -0.2) is 26.5 Å². The molecule has 29 heavy (non-hydrogen) atoms. The molecule has 0 aliphatic carbocycles. The Bertz CT molecular complexity index is 1120. The van der Waals surface area contributed by atoms with Crippen molar-refractivity contribution in [1.29, 1.82) is 0 Å². The lowest BCUT2D eigenvalue weighted by atomic mass is 10.1. The summed E-state index contributed by atoms with van der Waals surface area (Å²) in [6, 6.07) is 12.1. The molecule has 0 fully saturated rings. The number of nitrogens with two attached hydrogens (primary N) is 1. The second-order valence-corrected chi connectivity index (χ2v) is 8.57. The fraction of sp³-hybridized carbons (Fsp3) is 0.200. The Labute approximate surface area is 173 Å². The van der Waals surface area contributed by atoms with Crippen LogP contribution in [0.15, 0.2) is 52.7 Å². The van der Waals surface area contributed by atoms with E-state index in [0.717, 1.165) is 23.1 Å². The van der Waals surface area contributed by atoms with Crippen molar-refractivity contribution in [3.63, 3.8) is 0 Å². The quantitative estimate of drug-likeness (QED) is 0.573. The summed E-state index contributed by atoms with van der Waals surface area (Å²) >= 11 is 1.46. The van der Waals surface area contributed by atoms with Gasteiger partial charge in [-0.2, -0.15) is 0 Å². The average molecular weight is 433 g/mol. The molecule has 2 N–H and O–H groups in total. The molecule has 0 bridgehead atoms. The molecule has 1 aromatic heterocycles. The van der Waals surface area contributed by atoms with Gasteiger partial charge in [0.1, 0.15) is 22.3 Å². The zero-order valence-corrected chi connectivity index (χ0v) is 17.5. The maximum Gasteiger partial charge on any atom is 0.338 e. The summed E-state index contributed by atoms with van der Waals surface area (Å²) in [5.74, 6) is -0.623. The molecule has 3 rings (SSSR count). The molecule has 0 unspecified atom stereocenters. The van der Waals surface area contributed by atoms with Crippen molar-refractivity contribution >= 4 is 27.3 Å². The van der Waals surface area contributed by atoms with Crippen LogP contribution in [0.2, 0.25) is 0 Å². The third-order valence-electron chi connectivity index (χ3n) is 4.22. The van der Waals surface area contributed by atoms with Crippen LogP contribution < -0.4 is 9.88 Å². The standard InChI is InChI=1S/C20H20N2O5S2/c1-3-13-4-6-14(7-5-13)19-22-16(12-28-19)11-27-20(23)15-8-9-17(26-2)18(10-15)29(21,24)25/h4-10,12H,3,11H2,1-2H3,(H2,21,24,25). The number of hydrogen-bond acceptors (Lipinski definition) is 7. The monoisotopic (exact) mass is 432 g/mol. The van der Waals surface area contributed by atoms with Gasteiger partial charge >= 0.3 is 5.97 Å². The Morgan fingerprint density at radius 2 is 1.90 bits per heavy atom. The number of aromatic nitrogens is 1. The highest BCUT2D eigenvalue weighted by molar-refractivity contribution is 7.89. The lowest BCUT2D eigenvalue weighted by Gasteiger charge is -2.09. The Hall–Kier alpha value is -2.75. The predicted molar refractivity (Wildman–Crippen MR) is 110 cm³/mol. The van der Waals surface area contributed by atoms with Gasteiger partial charge in [-0.05, 0) is 30.2 Å². The SMILES string of the molecule is CCc1ccc(-c2nc(COC(=O)c3ccc(OC)c(S(N)(=O)=O)c3)cs2)cc1. The molecule has 0 amide bonds. The van der Waals surface area contributed by atoms with E-state index in [4.69, 9.17) is 14.6 Å². The van der Waals surface area contributed by atoms with Gasteiger partial charge in [0.25, 0.3) is 0 Å². The van der Waals surface area contributed by atoms with E-state index in [0.29, 0.717) is 5.69 Å². The average Bonchev–Trinajstić information content (AvgIpc) is 3.20. The first-order valence-electron chi connectivity index (χ1n) is 8.73. The van der Waals surface area contributed by atoms with Crippen molar-refractivity contribution in [2.45, 2.75) is 24.8 Å². The van der Waals surface area contributed by atoms with E-state index < -0.39 is 16.0 Å². The van der Waals surface area contributed by atoms with Gasteiger partial charge in [-0.25, -0.2) is 23.3 Å². The highest BCUT2D eigenvalue weighted by atomic mass is 32.2. The molecule has 0 aliphatic heterocycles. The molecule has 0 saturated heterocycles. The van der Waals surface area contributed by atoms with Crippen LogP contribution in [0.5, 0.6) is 5.75 Å². The van der Waals surface area contributed by atoms with E-state index in [1.807, 2.05) is 17.5 Å². The molecule has 152 valence electrons. The molecular formula is C20H20N2O5S2. The summed E-state index contributed by atoms with van der Waals surface area (Å²) < 4.78 is 33.6. The van der Waals surface area contributed by atoms with Crippen LogP contribution in [0.3, 0.4) is 0 Å². The smallest absolute Gasteiger partial charge is 0.338 e. The fourth-order valence-electron chi connectivity index (χ4n) is 2.64. The van der Waals surface area contributed by atoms with Gasteiger partial charge < -0.3 is 9.47 Å². The van der Waals surface area contributed by atoms with Crippen LogP contribution in [0, 0.1) is 0 Å². The summed E-state index contributed by atoms with van der Waals surface area (Å²) in [6.45, 7) is 2.07. The lowest BCUT2D eigenvalue weighted by molar-refractivity contribution is 0.0468. The summed E-state index contributed by atoms with van der Waals surface area (Å²) in [6.07, 6.45) is 0.970. The summed E-state index contributed by atoms with van der Waals surface area (Å²) in [5, 5.41) is 7.83. The first kappa shape index (κ1) is 21.0. The van der Waals surface area contributed by atoms with Gasteiger partial charge in [0, 0.05) is 10.9 Å². The Morgan fingerprint density at radius 1 is 1.17 bits per heavy atom. The normalized spacial score (nSPS) is 11.3. The molecule has 0 radical (unpaired) electrons. The highest BCUT2D eigenvalue weighted by Gasteiger charge is 2.19. The van der Waals surface area contributed by atoms with Crippen molar-refractivity contribution in [1.82, 2.24) is 4.98 Å². The van der Waals surface area contributed by atoms with E-state index in [1.54, 1.807) is 0 Å². The summed E-state index contributed by atoms with van der Waals surface area (Å²) in [7, 11) is -2.73. The van der Waals surface area contributed by atoms with Crippen molar-refractivity contribution < 1.29 is 22.7 Å². The number of esters is 1. The second kappa shape index (κ2) is 8.73. The largest absolute Gasteiger partial charge is 0.495 e. The third-order valence-corrected chi connectivity index (χ3v) is 6.09. The maximum atomic E-state index is 12.3. The van der Waals surface area contributed by atoms with Crippen molar-refractivity contribution in [2.75, 3.05) is 7.11 Å². The van der Waals surface area contributed by atoms with Gasteiger partial charge in [-0.15, -0.1) is 11.3 Å². The first-order chi connectivity index (χ1) is 13.8. The number of primary sulfonamides is 1. The number of carbonyl (C=O) groups is 1. The zero-order chi connectivity index (χ0) is 21.0. The molecule has 0 aliphatic rings. The van der Waals surface area contributed by atoms with Crippen LogP contribution in [0.4, 0.5) is 0 Å². The molecule has 0 spiro atoms. The molecule has 9 heteroatoms. The topological polar surface area (TPSA) is 109 Å². The second-order valence-electron chi connectivity index (χ2n) is 6.18. The number of methoxy groups -OCH3 is 1. The Balaban J connectivity index is 1.70. The maximum absolute atomic E-state index is 12.3. The minimum absolute atomic E-state index is 0.0287. The van der Waals surface area contributed by atoms with Crippen molar-refractivity contribution in [3.8, 4) is 16.3 Å². The number of sulfonamides is 1. The number of ether oxygens (including phenoxy) is 2. The fourth-order valence-corrected chi connectivity index (χ4v) is 4.17. The molecule has 1 heterocycles. The van der Waals surface area contributed by atoms with Crippen molar-refractivity contribution in [3.05, 3.63) is 64.7 Å². The molecule has 7 nitrogen and oxygen atoms in total. The Kier molecular flexibility index (Phi) is 6.31. The van der Waals surface area contributed by atoms with E-state index >= 15 is 0 Å². The molecular weight excluding hydrogens is 412 g/mol. The number of rotatable bonds is 7. The van der Waals surface area contributed by atoms with Gasteiger partial charge in [0.05, 0.1) is 18.4 Å². The first-order valence-corrected chi connectivity index (χ1v) is 11.2. The Morgan fingerprint density at radius 3 is 2.52 bits per heavy atom. The zero-order valence-electron chi connectivity index (χ0n) is 15.9. The predicted octanol–water partition coefficient (Wildman–Crippen LogP) is 3.39. The van der Waals surface area contributed by atoms with E-state index in [2.05, 4.69) is 24.0 Å². The van der Waals surface area contributed by atoms with Crippen LogP contribution in [0.1, 0.15) is 28.5 Å². The number of carbonyl (C=O) groups excluding carboxylic acids is 1. The van der Waals surface area contributed by atoms with E-state index in [-0.39, 0.29) is 22.8 Å². The van der Waals surface area contributed by atoms with Gasteiger partial charge in [0.2, 0.25) is 10.0 Å². The minimum atomic E-state index is -4.04. The van der Waals surface area contributed by atoms with Gasteiger partial charge in [0.15, 0.2) is 0 Å². The molecule has 2 aromatic carbocycles. The number of benzene rings is 2. The number of hydrogen-bond donors (Lipinski definition) is 1. The van der Waals surface area contributed by atoms with Crippen LogP contribution in [0.25, 0.3) is 10.6 Å². The van der Waals surface area contributed by atoms with E-state index in [1.165, 1.54) is 36.1 Å². The molecule has 0 saturated carbocycles. The van der Waals surface area contributed by atoms with E-state index in [9.17, 15) is 13.2 Å². The number of aryl methyl sites for hydroxylation is 1. The third kappa shape index (κ3) is 5.00. The van der Waals surface area contributed by atoms with Gasteiger partial charge in [-0.3, -0.25) is 0 Å². The van der Waals surface area contributed by atoms with Gasteiger partial charge in [-0.1, -0.05) is 31.2 Å². The van der Waals surface area contributed by atoms with Crippen LogP contribution >= 0.6 is 11.3 Å². The number of nitrogens with zero attached hydrogens (tertiary/aromatic N) is 1. The summed E-state index contributed by atoms with van der Waals surface area (Å²) in [4.78, 5) is 16.5.